The Morgan fingerprint density at radius 2 is 1.76 bits per heavy atom. The fraction of sp³-hybridized carbons (Fsp3) is 0.367. The molecule has 0 radical (unpaired) electrons. The van der Waals surface area contributed by atoms with Gasteiger partial charge in [-0.1, -0.05) is 31.0 Å². The van der Waals surface area contributed by atoms with Crippen LogP contribution in [0.15, 0.2) is 54.6 Å². The van der Waals surface area contributed by atoms with Gasteiger partial charge in [0.2, 0.25) is 0 Å². The van der Waals surface area contributed by atoms with Gasteiger partial charge in [0.1, 0.15) is 23.0 Å². The molecule has 198 valence electrons. The molecule has 1 amide bonds. The van der Waals surface area contributed by atoms with Crippen molar-refractivity contribution in [3.8, 4) is 34.6 Å². The maximum atomic E-state index is 12.3. The third-order valence-electron chi connectivity index (χ3n) is 6.96. The number of carbonyl (C=O) groups excluding carboxylic acids is 2. The van der Waals surface area contributed by atoms with Crippen LogP contribution in [0.3, 0.4) is 0 Å². The molecular formula is C30H35N5O3. The van der Waals surface area contributed by atoms with Crippen molar-refractivity contribution in [1.29, 1.82) is 0 Å². The number of amides is 1. The standard InChI is InChI=1S/C29H30N4O3.CH5N/c1-2-3-9-27(35)32-18-15-21(16-19-32)26-14-17-30-29-25(20-34)28(31-33(26)29)22-10-12-24(13-11-22)36-23-7-5-4-6-8-23;1-2/h4-8,10-13,20-21,26,30H,2,14-19H2,1H3;2H2,1H3/t26-;/m0./s1. The lowest BCUT2D eigenvalue weighted by Crippen LogP contribution is -2.41. The van der Waals surface area contributed by atoms with Gasteiger partial charge in [0.15, 0.2) is 6.29 Å². The summed E-state index contributed by atoms with van der Waals surface area (Å²) in [5, 5.41) is 8.33. The molecule has 8 nitrogen and oxygen atoms in total. The molecule has 5 rings (SSSR count). The first kappa shape index (κ1) is 27.0. The van der Waals surface area contributed by atoms with Gasteiger partial charge in [-0.3, -0.25) is 9.59 Å². The lowest BCUT2D eigenvalue weighted by Gasteiger charge is -2.37. The number of hydrogen-bond donors (Lipinski definition) is 2. The number of anilines is 1. The largest absolute Gasteiger partial charge is 0.457 e. The van der Waals surface area contributed by atoms with E-state index in [1.54, 1.807) is 0 Å². The van der Waals surface area contributed by atoms with Gasteiger partial charge >= 0.3 is 0 Å². The number of likely N-dealkylation sites (tertiary alicyclic amines) is 1. The van der Waals surface area contributed by atoms with Crippen molar-refractivity contribution in [2.45, 2.75) is 38.6 Å². The fourth-order valence-corrected chi connectivity index (χ4v) is 5.12. The number of aromatic nitrogens is 2. The molecule has 0 bridgehead atoms. The molecule has 2 aliphatic rings. The first-order valence-corrected chi connectivity index (χ1v) is 13.2. The molecule has 1 saturated heterocycles. The molecule has 1 fully saturated rings. The minimum absolute atomic E-state index is 0.0781. The molecular weight excluding hydrogens is 478 g/mol. The Morgan fingerprint density at radius 1 is 1.08 bits per heavy atom. The topological polar surface area (TPSA) is 102 Å². The van der Waals surface area contributed by atoms with Gasteiger partial charge in [-0.15, -0.1) is 0 Å². The van der Waals surface area contributed by atoms with Gasteiger partial charge in [0, 0.05) is 31.6 Å². The second-order valence-corrected chi connectivity index (χ2v) is 9.18. The number of hydrogen-bond acceptors (Lipinski definition) is 6. The smallest absolute Gasteiger partial charge is 0.298 e. The zero-order chi connectivity index (χ0) is 26.9. The van der Waals surface area contributed by atoms with Crippen LogP contribution in [-0.2, 0) is 4.79 Å². The molecule has 3 N–H and O–H groups in total. The van der Waals surface area contributed by atoms with Crippen LogP contribution in [0.4, 0.5) is 5.82 Å². The van der Waals surface area contributed by atoms with Crippen molar-refractivity contribution < 1.29 is 14.3 Å². The second-order valence-electron chi connectivity index (χ2n) is 9.18. The van der Waals surface area contributed by atoms with Gasteiger partial charge in [-0.25, -0.2) is 4.68 Å². The van der Waals surface area contributed by atoms with Crippen LogP contribution in [0.1, 0.15) is 49.0 Å². The minimum atomic E-state index is -0.0781. The number of nitrogens with zero attached hydrogens (tertiary/aromatic N) is 3. The molecule has 0 unspecified atom stereocenters. The number of fused-ring (bicyclic) bond motifs is 1. The number of nitrogens with two attached hydrogens (primary N) is 1. The van der Waals surface area contributed by atoms with Crippen LogP contribution < -0.4 is 15.8 Å². The monoisotopic (exact) mass is 513 g/mol. The molecule has 2 aliphatic heterocycles. The van der Waals surface area contributed by atoms with Gasteiger partial charge < -0.3 is 20.7 Å². The molecule has 0 aliphatic carbocycles. The zero-order valence-electron chi connectivity index (χ0n) is 22.0. The fourth-order valence-electron chi connectivity index (χ4n) is 5.12. The quantitative estimate of drug-likeness (QED) is 0.377. The SMILES string of the molecule is CCC#CC(=O)N1CCC([C@@H]2CCNc3c(C=O)c(-c4ccc(Oc5ccccc5)cc4)nn32)CC1.CN. The molecule has 2 aromatic carbocycles. The van der Waals surface area contributed by atoms with Gasteiger partial charge in [0.25, 0.3) is 5.91 Å². The van der Waals surface area contributed by atoms with E-state index in [9.17, 15) is 9.59 Å². The molecule has 0 spiro atoms. The number of para-hydroxylation sites is 1. The van der Waals surface area contributed by atoms with Crippen LogP contribution in [0.5, 0.6) is 11.5 Å². The summed E-state index contributed by atoms with van der Waals surface area (Å²) in [6.07, 6.45) is 4.32. The van der Waals surface area contributed by atoms with Crippen molar-refractivity contribution in [2.24, 2.45) is 11.7 Å². The third kappa shape index (κ3) is 5.90. The Bertz CT molecular complexity index is 1280. The lowest BCUT2D eigenvalue weighted by atomic mass is 9.87. The molecule has 38 heavy (non-hydrogen) atoms. The Kier molecular flexibility index (Phi) is 9.17. The average Bonchev–Trinajstić information content (AvgIpc) is 3.37. The Hall–Kier alpha value is -4.09. The van der Waals surface area contributed by atoms with E-state index in [-0.39, 0.29) is 11.9 Å². The summed E-state index contributed by atoms with van der Waals surface area (Å²) in [6, 6.07) is 17.5. The average molecular weight is 514 g/mol. The predicted molar refractivity (Wildman–Crippen MR) is 149 cm³/mol. The molecule has 1 aromatic heterocycles. The maximum absolute atomic E-state index is 12.3. The summed E-state index contributed by atoms with van der Waals surface area (Å²) in [7, 11) is 1.50. The van der Waals surface area contributed by atoms with Crippen LogP contribution in [0, 0.1) is 17.8 Å². The van der Waals surface area contributed by atoms with E-state index >= 15 is 0 Å². The molecule has 3 heterocycles. The van der Waals surface area contributed by atoms with Crippen molar-refractivity contribution >= 4 is 18.0 Å². The number of piperidine rings is 1. The number of nitrogens with one attached hydrogen (secondary N) is 1. The highest BCUT2D eigenvalue weighted by atomic mass is 16.5. The first-order chi connectivity index (χ1) is 18.7. The molecule has 3 aromatic rings. The van der Waals surface area contributed by atoms with Gasteiger partial charge in [0.05, 0.1) is 11.6 Å². The minimum Gasteiger partial charge on any atom is -0.457 e. The number of benzene rings is 2. The third-order valence-corrected chi connectivity index (χ3v) is 6.96. The normalized spacial score (nSPS) is 16.6. The van der Waals surface area contributed by atoms with E-state index in [0.29, 0.717) is 36.7 Å². The van der Waals surface area contributed by atoms with Gasteiger partial charge in [-0.05, 0) is 74.5 Å². The van der Waals surface area contributed by atoms with E-state index in [1.165, 1.54) is 7.05 Å². The second kappa shape index (κ2) is 12.9. The lowest BCUT2D eigenvalue weighted by molar-refractivity contribution is -0.126. The van der Waals surface area contributed by atoms with E-state index in [4.69, 9.17) is 9.84 Å². The highest BCUT2D eigenvalue weighted by Crippen LogP contribution is 2.39. The van der Waals surface area contributed by atoms with Crippen molar-refractivity contribution in [2.75, 3.05) is 32.0 Å². The number of rotatable bonds is 5. The first-order valence-electron chi connectivity index (χ1n) is 13.2. The summed E-state index contributed by atoms with van der Waals surface area (Å²) in [5.74, 6) is 8.20. The van der Waals surface area contributed by atoms with E-state index < -0.39 is 0 Å². The summed E-state index contributed by atoms with van der Waals surface area (Å²) in [6.45, 7) is 4.15. The van der Waals surface area contributed by atoms with Crippen molar-refractivity contribution in [1.82, 2.24) is 14.7 Å². The molecule has 0 saturated carbocycles. The number of ether oxygens (including phenoxy) is 1. The predicted octanol–water partition coefficient (Wildman–Crippen LogP) is 4.74. The van der Waals surface area contributed by atoms with E-state index in [2.05, 4.69) is 22.9 Å². The summed E-state index contributed by atoms with van der Waals surface area (Å²) < 4.78 is 7.92. The van der Waals surface area contributed by atoms with Crippen molar-refractivity contribution in [3.63, 3.8) is 0 Å². The summed E-state index contributed by atoms with van der Waals surface area (Å²) in [4.78, 5) is 26.3. The number of aldehydes is 1. The molecule has 1 atom stereocenters. The van der Waals surface area contributed by atoms with Gasteiger partial charge in [-0.2, -0.15) is 5.10 Å². The summed E-state index contributed by atoms with van der Waals surface area (Å²) >= 11 is 0. The highest BCUT2D eigenvalue weighted by Gasteiger charge is 2.34. The molecule has 8 heteroatoms. The van der Waals surface area contributed by atoms with E-state index in [1.807, 2.05) is 71.1 Å². The Morgan fingerprint density at radius 3 is 2.42 bits per heavy atom. The maximum Gasteiger partial charge on any atom is 0.298 e. The Labute approximate surface area is 224 Å². The van der Waals surface area contributed by atoms with Crippen LogP contribution in [0.2, 0.25) is 0 Å². The van der Waals surface area contributed by atoms with E-state index in [0.717, 1.165) is 55.0 Å². The zero-order valence-corrected chi connectivity index (χ0v) is 22.0. The summed E-state index contributed by atoms with van der Waals surface area (Å²) in [5.41, 5.74) is 6.63. The Balaban J connectivity index is 0.00000164. The van der Waals surface area contributed by atoms with Crippen LogP contribution in [0.25, 0.3) is 11.3 Å². The number of carbonyl (C=O) groups is 2. The van der Waals surface area contributed by atoms with Crippen LogP contribution in [-0.4, -0.2) is 53.6 Å². The highest BCUT2D eigenvalue weighted by molar-refractivity contribution is 5.93. The van der Waals surface area contributed by atoms with Crippen LogP contribution >= 0.6 is 0 Å². The van der Waals surface area contributed by atoms with Crippen molar-refractivity contribution in [3.05, 3.63) is 60.2 Å².